The van der Waals surface area contributed by atoms with E-state index in [1.165, 1.54) is 0 Å². The number of hydrogen-bond donors (Lipinski definition) is 0. The first-order valence-corrected chi connectivity index (χ1v) is 9.21. The fourth-order valence-electron chi connectivity index (χ4n) is 3.13. The van der Waals surface area contributed by atoms with E-state index in [-0.39, 0.29) is 5.91 Å². The van der Waals surface area contributed by atoms with E-state index in [0.717, 1.165) is 11.5 Å². The number of carbonyl (C=O) groups is 1. The van der Waals surface area contributed by atoms with Crippen molar-refractivity contribution in [3.05, 3.63) is 35.5 Å². The Morgan fingerprint density at radius 2 is 1.57 bits per heavy atom. The maximum atomic E-state index is 12.9. The molecule has 0 atom stereocenters. The Balaban J connectivity index is 1.71. The number of hydrogen-bond acceptors (Lipinski definition) is 7. The van der Waals surface area contributed by atoms with E-state index < -0.39 is 0 Å². The number of aryl methyl sites for hydroxylation is 1. The zero-order valence-corrected chi connectivity index (χ0v) is 17.1. The molecule has 0 saturated carbocycles. The highest BCUT2D eigenvalue weighted by atomic mass is 16.5. The quantitative estimate of drug-likeness (QED) is 0.778. The normalized spacial score (nSPS) is 14.0. The number of amides is 1. The van der Waals surface area contributed by atoms with Crippen molar-refractivity contribution in [2.24, 2.45) is 0 Å². The number of carbonyl (C=O) groups excluding carboxylic acids is 1. The van der Waals surface area contributed by atoms with Crippen LogP contribution in [0.3, 0.4) is 0 Å². The molecule has 1 amide bonds. The van der Waals surface area contributed by atoms with Crippen LogP contribution in [0, 0.1) is 6.92 Å². The van der Waals surface area contributed by atoms with Crippen LogP contribution in [-0.2, 0) is 0 Å². The van der Waals surface area contributed by atoms with Gasteiger partial charge >= 0.3 is 0 Å². The molecule has 0 radical (unpaired) electrons. The molecular weight excluding hydrogens is 358 g/mol. The largest absolute Gasteiger partial charge is 0.497 e. The average Bonchev–Trinajstić information content (AvgIpc) is 2.72. The van der Waals surface area contributed by atoms with E-state index >= 15 is 0 Å². The first-order chi connectivity index (χ1) is 13.4. The number of anilines is 2. The van der Waals surface area contributed by atoms with Crippen LogP contribution in [-0.4, -0.2) is 75.3 Å². The van der Waals surface area contributed by atoms with Crippen molar-refractivity contribution in [2.45, 2.75) is 6.92 Å². The van der Waals surface area contributed by atoms with Gasteiger partial charge in [0.2, 0.25) is 5.95 Å². The number of aromatic nitrogens is 2. The van der Waals surface area contributed by atoms with Gasteiger partial charge in [0.15, 0.2) is 0 Å². The van der Waals surface area contributed by atoms with Gasteiger partial charge in [0, 0.05) is 63.7 Å². The molecule has 1 saturated heterocycles. The molecule has 1 fully saturated rings. The molecule has 2 heterocycles. The molecule has 28 heavy (non-hydrogen) atoms. The maximum absolute atomic E-state index is 12.9. The average molecular weight is 385 g/mol. The summed E-state index contributed by atoms with van der Waals surface area (Å²) in [6, 6.07) is 7.19. The predicted octanol–water partition coefficient (Wildman–Crippen LogP) is 1.83. The zero-order chi connectivity index (χ0) is 20.3. The lowest BCUT2D eigenvalue weighted by molar-refractivity contribution is 0.0745. The van der Waals surface area contributed by atoms with Gasteiger partial charge in [0.25, 0.3) is 5.91 Å². The third-order valence-electron chi connectivity index (χ3n) is 4.74. The van der Waals surface area contributed by atoms with Crippen LogP contribution in [0.4, 0.5) is 11.8 Å². The smallest absolute Gasteiger partial charge is 0.254 e. The second-order valence-corrected chi connectivity index (χ2v) is 6.94. The Bertz CT molecular complexity index is 825. The van der Waals surface area contributed by atoms with E-state index in [2.05, 4.69) is 14.9 Å². The van der Waals surface area contributed by atoms with Crippen molar-refractivity contribution in [2.75, 3.05) is 64.3 Å². The summed E-state index contributed by atoms with van der Waals surface area (Å²) in [5.41, 5.74) is 1.49. The SMILES string of the molecule is COc1cc(OC)cc(C(=O)N2CCN(c3nc(C)cc(N(C)C)n3)CC2)c1. The number of methoxy groups -OCH3 is 2. The summed E-state index contributed by atoms with van der Waals surface area (Å²) in [6.45, 7) is 4.54. The molecule has 0 bridgehead atoms. The lowest BCUT2D eigenvalue weighted by atomic mass is 10.1. The first kappa shape index (κ1) is 19.7. The molecule has 1 aliphatic heterocycles. The summed E-state index contributed by atoms with van der Waals surface area (Å²) in [6.07, 6.45) is 0. The van der Waals surface area contributed by atoms with Gasteiger partial charge in [-0.05, 0) is 19.1 Å². The minimum Gasteiger partial charge on any atom is -0.497 e. The Morgan fingerprint density at radius 3 is 2.11 bits per heavy atom. The highest BCUT2D eigenvalue weighted by molar-refractivity contribution is 5.95. The van der Waals surface area contributed by atoms with Crippen molar-refractivity contribution in [3.8, 4) is 11.5 Å². The summed E-state index contributed by atoms with van der Waals surface area (Å²) >= 11 is 0. The summed E-state index contributed by atoms with van der Waals surface area (Å²) in [4.78, 5) is 28.1. The summed E-state index contributed by atoms with van der Waals surface area (Å²) < 4.78 is 10.5. The van der Waals surface area contributed by atoms with Crippen LogP contribution in [0.15, 0.2) is 24.3 Å². The molecule has 3 rings (SSSR count). The highest BCUT2D eigenvalue weighted by Gasteiger charge is 2.24. The standard InChI is InChI=1S/C20H27N5O3/c1-14-10-18(23(2)3)22-20(21-14)25-8-6-24(7-9-25)19(26)15-11-16(27-4)13-17(12-15)28-5/h10-13H,6-9H2,1-5H3. The van der Waals surface area contributed by atoms with Crippen LogP contribution in [0.1, 0.15) is 16.1 Å². The summed E-state index contributed by atoms with van der Waals surface area (Å²) in [5.74, 6) is 2.76. The van der Waals surface area contributed by atoms with Gasteiger partial charge in [-0.1, -0.05) is 0 Å². The molecule has 8 heteroatoms. The fraction of sp³-hybridized carbons (Fsp3) is 0.450. The number of benzene rings is 1. The Morgan fingerprint density at radius 1 is 0.964 bits per heavy atom. The molecule has 150 valence electrons. The van der Waals surface area contributed by atoms with Crippen LogP contribution < -0.4 is 19.3 Å². The monoisotopic (exact) mass is 385 g/mol. The van der Waals surface area contributed by atoms with E-state index in [1.54, 1.807) is 32.4 Å². The molecule has 1 aromatic carbocycles. The molecule has 0 N–H and O–H groups in total. The molecule has 1 aliphatic rings. The van der Waals surface area contributed by atoms with Crippen molar-refractivity contribution in [1.29, 1.82) is 0 Å². The Kier molecular flexibility index (Phi) is 5.87. The van der Waals surface area contributed by atoms with Crippen molar-refractivity contribution >= 4 is 17.7 Å². The molecular formula is C20H27N5O3. The second kappa shape index (κ2) is 8.33. The molecule has 0 unspecified atom stereocenters. The summed E-state index contributed by atoms with van der Waals surface area (Å²) in [7, 11) is 7.08. The second-order valence-electron chi connectivity index (χ2n) is 6.94. The van der Waals surface area contributed by atoms with Crippen molar-refractivity contribution < 1.29 is 14.3 Å². The first-order valence-electron chi connectivity index (χ1n) is 9.21. The third kappa shape index (κ3) is 4.27. The van der Waals surface area contributed by atoms with Crippen molar-refractivity contribution in [3.63, 3.8) is 0 Å². The summed E-state index contributed by atoms with van der Waals surface area (Å²) in [5, 5.41) is 0. The molecule has 2 aromatic rings. The number of rotatable bonds is 5. The van der Waals surface area contributed by atoms with E-state index in [1.807, 2.05) is 36.9 Å². The minimum atomic E-state index is -0.0315. The van der Waals surface area contributed by atoms with Gasteiger partial charge in [-0.2, -0.15) is 4.98 Å². The van der Waals surface area contributed by atoms with Gasteiger partial charge in [0.1, 0.15) is 17.3 Å². The van der Waals surface area contributed by atoms with Gasteiger partial charge in [-0.3, -0.25) is 4.79 Å². The molecule has 0 spiro atoms. The molecule has 0 aliphatic carbocycles. The molecule has 1 aromatic heterocycles. The Hall–Kier alpha value is -3.03. The van der Waals surface area contributed by atoms with Gasteiger partial charge in [-0.25, -0.2) is 4.98 Å². The van der Waals surface area contributed by atoms with Gasteiger partial charge in [-0.15, -0.1) is 0 Å². The number of nitrogens with zero attached hydrogens (tertiary/aromatic N) is 5. The van der Waals surface area contributed by atoms with Gasteiger partial charge in [0.05, 0.1) is 14.2 Å². The highest BCUT2D eigenvalue weighted by Crippen LogP contribution is 2.24. The Labute approximate surface area is 165 Å². The van der Waals surface area contributed by atoms with Crippen LogP contribution in [0.25, 0.3) is 0 Å². The molecule has 8 nitrogen and oxygen atoms in total. The zero-order valence-electron chi connectivity index (χ0n) is 17.1. The van der Waals surface area contributed by atoms with Crippen LogP contribution in [0.5, 0.6) is 11.5 Å². The number of ether oxygens (including phenoxy) is 2. The number of piperazine rings is 1. The topological polar surface area (TPSA) is 71.0 Å². The third-order valence-corrected chi connectivity index (χ3v) is 4.74. The van der Waals surface area contributed by atoms with Gasteiger partial charge < -0.3 is 24.2 Å². The van der Waals surface area contributed by atoms with E-state index in [4.69, 9.17) is 9.47 Å². The lowest BCUT2D eigenvalue weighted by Crippen LogP contribution is -2.49. The van der Waals surface area contributed by atoms with E-state index in [9.17, 15) is 4.79 Å². The van der Waals surface area contributed by atoms with Crippen LogP contribution in [0.2, 0.25) is 0 Å². The van der Waals surface area contributed by atoms with E-state index in [0.29, 0.717) is 49.2 Å². The predicted molar refractivity (Wildman–Crippen MR) is 109 cm³/mol. The van der Waals surface area contributed by atoms with Crippen LogP contribution >= 0.6 is 0 Å². The minimum absolute atomic E-state index is 0.0315. The maximum Gasteiger partial charge on any atom is 0.254 e. The lowest BCUT2D eigenvalue weighted by Gasteiger charge is -2.35. The van der Waals surface area contributed by atoms with Crippen molar-refractivity contribution in [1.82, 2.24) is 14.9 Å². The fourth-order valence-corrected chi connectivity index (χ4v) is 3.13.